The van der Waals surface area contributed by atoms with Gasteiger partial charge in [-0.1, -0.05) is 0 Å². The van der Waals surface area contributed by atoms with Crippen LogP contribution in [0.5, 0.6) is 0 Å². The Morgan fingerprint density at radius 1 is 1.28 bits per heavy atom. The van der Waals surface area contributed by atoms with Crippen LogP contribution < -0.4 is 5.32 Å². The molecule has 6 nitrogen and oxygen atoms in total. The lowest BCUT2D eigenvalue weighted by atomic mass is 10.2. The Morgan fingerprint density at radius 2 is 1.94 bits per heavy atom. The maximum atomic E-state index is 12.0. The van der Waals surface area contributed by atoms with E-state index in [-0.39, 0.29) is 11.9 Å². The standard InChI is InChI=1S/C12H17N3O3/c1-2-13-12(17)15-6-4-14(5-7-15)11(16)10-3-8-18-9-10/h3,8-9H,2,4-7H2,1H3,(H,13,17). The van der Waals surface area contributed by atoms with Crippen molar-refractivity contribution in [3.05, 3.63) is 24.2 Å². The monoisotopic (exact) mass is 251 g/mol. The van der Waals surface area contributed by atoms with Crippen molar-refractivity contribution in [2.75, 3.05) is 32.7 Å². The van der Waals surface area contributed by atoms with Gasteiger partial charge in [-0.3, -0.25) is 4.79 Å². The first kappa shape index (κ1) is 12.5. The second kappa shape index (κ2) is 5.57. The Hall–Kier alpha value is -1.98. The molecule has 0 spiro atoms. The minimum atomic E-state index is -0.0621. The summed E-state index contributed by atoms with van der Waals surface area (Å²) >= 11 is 0. The molecule has 0 aliphatic carbocycles. The number of piperazine rings is 1. The van der Waals surface area contributed by atoms with Gasteiger partial charge in [0.25, 0.3) is 5.91 Å². The molecular weight excluding hydrogens is 234 g/mol. The predicted molar refractivity (Wildman–Crippen MR) is 65.3 cm³/mol. The van der Waals surface area contributed by atoms with Crippen molar-refractivity contribution in [1.82, 2.24) is 15.1 Å². The molecule has 0 unspecified atom stereocenters. The van der Waals surface area contributed by atoms with Crippen LogP contribution in [0.3, 0.4) is 0 Å². The number of nitrogens with zero attached hydrogens (tertiary/aromatic N) is 2. The molecule has 18 heavy (non-hydrogen) atoms. The second-order valence-electron chi connectivity index (χ2n) is 4.13. The fraction of sp³-hybridized carbons (Fsp3) is 0.500. The molecule has 0 aromatic carbocycles. The molecule has 1 aliphatic heterocycles. The molecule has 6 heteroatoms. The predicted octanol–water partition coefficient (Wildman–Crippen LogP) is 0.767. The van der Waals surface area contributed by atoms with Crippen molar-refractivity contribution in [3.8, 4) is 0 Å². The van der Waals surface area contributed by atoms with Crippen molar-refractivity contribution in [2.45, 2.75) is 6.92 Å². The Balaban J connectivity index is 1.87. The average Bonchev–Trinajstić information content (AvgIpc) is 2.92. The summed E-state index contributed by atoms with van der Waals surface area (Å²) in [5.74, 6) is -0.0423. The molecule has 1 saturated heterocycles. The van der Waals surface area contributed by atoms with Crippen LogP contribution in [0, 0.1) is 0 Å². The Bertz CT molecular complexity index is 408. The molecule has 1 aromatic rings. The summed E-state index contributed by atoms with van der Waals surface area (Å²) in [6, 6.07) is 1.59. The fourth-order valence-electron chi connectivity index (χ4n) is 1.94. The van der Waals surface area contributed by atoms with Crippen molar-refractivity contribution in [3.63, 3.8) is 0 Å². The van der Waals surface area contributed by atoms with Crippen LogP contribution in [0.4, 0.5) is 4.79 Å². The van der Waals surface area contributed by atoms with Crippen LogP contribution in [0.15, 0.2) is 23.0 Å². The van der Waals surface area contributed by atoms with E-state index in [9.17, 15) is 9.59 Å². The molecule has 0 saturated carbocycles. The van der Waals surface area contributed by atoms with E-state index in [1.165, 1.54) is 12.5 Å². The SMILES string of the molecule is CCNC(=O)N1CCN(C(=O)c2ccoc2)CC1. The first-order chi connectivity index (χ1) is 8.72. The molecule has 1 aliphatic rings. The van der Waals surface area contributed by atoms with E-state index in [1.54, 1.807) is 15.9 Å². The normalized spacial score (nSPS) is 15.6. The van der Waals surface area contributed by atoms with Crippen molar-refractivity contribution in [2.24, 2.45) is 0 Å². The zero-order valence-electron chi connectivity index (χ0n) is 10.4. The molecule has 98 valence electrons. The molecule has 2 heterocycles. The third-order valence-corrected chi connectivity index (χ3v) is 2.95. The third kappa shape index (κ3) is 2.64. The van der Waals surface area contributed by atoms with E-state index in [4.69, 9.17) is 4.42 Å². The van der Waals surface area contributed by atoms with Gasteiger partial charge in [-0.2, -0.15) is 0 Å². The minimum Gasteiger partial charge on any atom is -0.472 e. The molecule has 2 rings (SSSR count). The molecule has 0 bridgehead atoms. The number of rotatable bonds is 2. The van der Waals surface area contributed by atoms with E-state index >= 15 is 0 Å². The summed E-state index contributed by atoms with van der Waals surface area (Å²) in [5.41, 5.74) is 0.557. The smallest absolute Gasteiger partial charge is 0.317 e. The van der Waals surface area contributed by atoms with E-state index in [1.807, 2.05) is 6.92 Å². The van der Waals surface area contributed by atoms with E-state index in [2.05, 4.69) is 5.32 Å². The summed E-state index contributed by atoms with van der Waals surface area (Å²) in [7, 11) is 0. The van der Waals surface area contributed by atoms with Gasteiger partial charge in [0, 0.05) is 32.7 Å². The van der Waals surface area contributed by atoms with Gasteiger partial charge in [-0.15, -0.1) is 0 Å². The first-order valence-electron chi connectivity index (χ1n) is 6.06. The molecule has 1 aromatic heterocycles. The van der Waals surface area contributed by atoms with Gasteiger partial charge in [0.2, 0.25) is 0 Å². The highest BCUT2D eigenvalue weighted by Gasteiger charge is 2.24. The molecular formula is C12H17N3O3. The van der Waals surface area contributed by atoms with E-state index < -0.39 is 0 Å². The highest BCUT2D eigenvalue weighted by atomic mass is 16.3. The molecule has 3 amide bonds. The van der Waals surface area contributed by atoms with E-state index in [0.717, 1.165) is 0 Å². The number of urea groups is 1. The lowest BCUT2D eigenvalue weighted by Crippen LogP contribution is -2.53. The lowest BCUT2D eigenvalue weighted by Gasteiger charge is -2.34. The molecule has 0 atom stereocenters. The summed E-state index contributed by atoms with van der Waals surface area (Å²) in [6.45, 7) is 4.75. The van der Waals surface area contributed by atoms with Crippen molar-refractivity contribution >= 4 is 11.9 Å². The number of amides is 3. The number of nitrogens with one attached hydrogen (secondary N) is 1. The second-order valence-corrected chi connectivity index (χ2v) is 4.13. The number of carbonyl (C=O) groups excluding carboxylic acids is 2. The maximum absolute atomic E-state index is 12.0. The van der Waals surface area contributed by atoms with Gasteiger partial charge in [0.1, 0.15) is 6.26 Å². The Morgan fingerprint density at radius 3 is 2.50 bits per heavy atom. The van der Waals surface area contributed by atoms with Gasteiger partial charge >= 0.3 is 6.03 Å². The average molecular weight is 251 g/mol. The largest absolute Gasteiger partial charge is 0.472 e. The number of furan rings is 1. The quantitative estimate of drug-likeness (QED) is 0.844. The molecule has 0 radical (unpaired) electrons. The van der Waals surface area contributed by atoms with Gasteiger partial charge in [0.15, 0.2) is 0 Å². The summed E-state index contributed by atoms with van der Waals surface area (Å²) in [6.07, 6.45) is 2.93. The van der Waals surface area contributed by atoms with Crippen LogP contribution in [0.2, 0.25) is 0 Å². The van der Waals surface area contributed by atoms with Crippen LogP contribution in [-0.2, 0) is 0 Å². The highest BCUT2D eigenvalue weighted by molar-refractivity contribution is 5.94. The van der Waals surface area contributed by atoms with Crippen LogP contribution >= 0.6 is 0 Å². The maximum Gasteiger partial charge on any atom is 0.317 e. The molecule has 1 N–H and O–H groups in total. The summed E-state index contributed by atoms with van der Waals surface area (Å²) in [5, 5.41) is 2.76. The van der Waals surface area contributed by atoms with Crippen molar-refractivity contribution < 1.29 is 14.0 Å². The third-order valence-electron chi connectivity index (χ3n) is 2.95. The number of carbonyl (C=O) groups is 2. The van der Waals surface area contributed by atoms with Gasteiger partial charge < -0.3 is 19.5 Å². The van der Waals surface area contributed by atoms with Crippen molar-refractivity contribution in [1.29, 1.82) is 0 Å². The summed E-state index contributed by atoms with van der Waals surface area (Å²) in [4.78, 5) is 27.1. The highest BCUT2D eigenvalue weighted by Crippen LogP contribution is 2.09. The Labute approximate surface area is 106 Å². The summed E-state index contributed by atoms with van der Waals surface area (Å²) < 4.78 is 4.90. The first-order valence-corrected chi connectivity index (χ1v) is 6.06. The number of hydrogen-bond acceptors (Lipinski definition) is 3. The van der Waals surface area contributed by atoms with Crippen LogP contribution in [0.1, 0.15) is 17.3 Å². The zero-order chi connectivity index (χ0) is 13.0. The minimum absolute atomic E-state index is 0.0423. The Kier molecular flexibility index (Phi) is 3.86. The lowest BCUT2D eigenvalue weighted by molar-refractivity contribution is 0.0664. The van der Waals surface area contributed by atoms with Crippen LogP contribution in [0.25, 0.3) is 0 Å². The van der Waals surface area contributed by atoms with Gasteiger partial charge in [-0.25, -0.2) is 4.79 Å². The zero-order valence-corrected chi connectivity index (χ0v) is 10.4. The fourth-order valence-corrected chi connectivity index (χ4v) is 1.94. The topological polar surface area (TPSA) is 65.8 Å². The molecule has 1 fully saturated rings. The van der Waals surface area contributed by atoms with Gasteiger partial charge in [-0.05, 0) is 13.0 Å². The van der Waals surface area contributed by atoms with Crippen LogP contribution in [-0.4, -0.2) is 54.5 Å². The number of hydrogen-bond donors (Lipinski definition) is 1. The van der Waals surface area contributed by atoms with Gasteiger partial charge in [0.05, 0.1) is 11.8 Å². The van der Waals surface area contributed by atoms with E-state index in [0.29, 0.717) is 38.3 Å².